The third kappa shape index (κ3) is 19.2. The van der Waals surface area contributed by atoms with E-state index in [2.05, 4.69) is 76.1 Å². The summed E-state index contributed by atoms with van der Waals surface area (Å²) in [5.74, 6) is -0.288. The largest absolute Gasteiger partial charge is 0.383 e. The number of pyridine rings is 1. The van der Waals surface area contributed by atoms with E-state index in [4.69, 9.17) is 43.3 Å². The van der Waals surface area contributed by atoms with Gasteiger partial charge in [-0.2, -0.15) is 20.4 Å². The Hall–Kier alpha value is -15.8. The SMILES string of the molecule is Cc1ccc(-c2nn(C(C)(C)CNC(=O)c3ccc(C)cn3)c3ncnc(N)c23)cc1.Cc1ccc(-c2nn(C(C)(C)CNC(=O)c3ccccc3F)c3ncnc(N)c23)cc1.Cc1ccc(-c2nn(C(C)(C)CNC(=O)c3cnc4ccccc4n3)c3ncnc(N)c23)cc1.Cc1ccc(C(=O)NCC(C)(C)n2nc(-c3ccc(C)cc3)c3c(N)ncnc32)cc1. The number of rotatable bonds is 20. The van der Waals surface area contributed by atoms with Gasteiger partial charge in [-0.25, -0.2) is 68.0 Å². The van der Waals surface area contributed by atoms with Crippen LogP contribution in [0.2, 0.25) is 0 Å². The number of halogens is 1. The monoisotopic (exact) mass is 1700 g/mol. The summed E-state index contributed by atoms with van der Waals surface area (Å²) in [6, 6.07) is 56.5. The number of nitrogen functional groups attached to an aromatic ring is 4. The molecular formula is C95H98FN27O4. The minimum Gasteiger partial charge on any atom is -0.383 e. The first-order chi connectivity index (χ1) is 60.6. The predicted octanol–water partition coefficient (Wildman–Crippen LogP) is 14.3. The Bertz CT molecular complexity index is 6730. The van der Waals surface area contributed by atoms with Crippen LogP contribution in [0.15, 0.2) is 220 Å². The van der Waals surface area contributed by atoms with E-state index in [9.17, 15) is 23.6 Å². The highest BCUT2D eigenvalue weighted by atomic mass is 19.1. The molecule has 17 aromatic rings. The van der Waals surface area contributed by atoms with Crippen molar-refractivity contribution in [3.8, 4) is 45.0 Å². The highest BCUT2D eigenvalue weighted by Crippen LogP contribution is 2.38. The molecule has 31 nitrogen and oxygen atoms in total. The molecule has 0 saturated carbocycles. The van der Waals surface area contributed by atoms with Crippen molar-refractivity contribution in [1.29, 1.82) is 0 Å². The summed E-state index contributed by atoms with van der Waals surface area (Å²) in [4.78, 5) is 97.9. The first kappa shape index (κ1) is 87.6. The number of benzene rings is 7. The van der Waals surface area contributed by atoms with Crippen LogP contribution < -0.4 is 44.2 Å². The number of aromatic nitrogens is 19. The summed E-state index contributed by atoms with van der Waals surface area (Å²) < 4.78 is 21.1. The zero-order valence-electron chi connectivity index (χ0n) is 72.9. The summed E-state index contributed by atoms with van der Waals surface area (Å²) in [7, 11) is 0. The standard InChI is InChI=1S/C25H24N8O.C24H26N6O.C23H23FN6O.C23H25N7O/c1-15-8-10-16(11-9-15)21-20-22(26)29-14-30-23(20)33(32-21)25(2,3)13-28-24(34)19-12-27-17-6-4-5-7-18(17)31-19;1-15-5-9-17(10-6-15)20-19-21(25)27-14-28-22(19)30(29-20)24(3,4)13-26-23(31)18-11-7-16(2)8-12-18;1-14-8-10-15(11-9-14)19-18-20(25)27-13-28-21(18)30(29-19)23(2,3)12-26-22(31)16-6-4-5-7-17(16)24;1-14-5-8-16(9-6-14)19-18-20(24)27-13-28-21(18)30(29-19)23(3,4)12-26-22(31)17-10-7-15(2)11-25-17/h4-12,14H,13H2,1-3H3,(H,28,34)(H2,26,29,30);5-12,14H,13H2,1-4H3,(H,26,31)(H2,25,27,28);4-11,13H,12H2,1-3H3,(H,26,31)(H2,25,27,28);5-11,13H,12H2,1-4H3,(H,26,31)(H2,24,27,28). The Morgan fingerprint density at radius 3 is 0.953 bits per heavy atom. The normalized spacial score (nSPS) is 11.6. The van der Waals surface area contributed by atoms with Crippen molar-refractivity contribution in [3.63, 3.8) is 0 Å². The molecule has 32 heteroatoms. The van der Waals surface area contributed by atoms with E-state index < -0.39 is 33.9 Å². The maximum atomic E-state index is 13.9. The molecular weight excluding hydrogens is 1600 g/mol. The van der Waals surface area contributed by atoms with Gasteiger partial charge in [0.15, 0.2) is 22.6 Å². The number of hydrogen-bond acceptors (Lipinski definition) is 23. The molecule has 0 spiro atoms. The maximum absolute atomic E-state index is 13.9. The lowest BCUT2D eigenvalue weighted by molar-refractivity contribution is 0.0924. The fourth-order valence-corrected chi connectivity index (χ4v) is 14.1. The van der Waals surface area contributed by atoms with Crippen LogP contribution in [0.4, 0.5) is 27.7 Å². The molecule has 127 heavy (non-hydrogen) atoms. The van der Waals surface area contributed by atoms with Crippen molar-refractivity contribution in [2.45, 2.75) is 119 Å². The molecule has 0 saturated heterocycles. The number of nitrogens with zero attached hydrogens (tertiary/aromatic N) is 19. The van der Waals surface area contributed by atoms with E-state index in [0.717, 1.165) is 66.8 Å². The molecule has 10 heterocycles. The smallest absolute Gasteiger partial charge is 0.271 e. The Morgan fingerprint density at radius 1 is 0.315 bits per heavy atom. The van der Waals surface area contributed by atoms with E-state index in [-0.39, 0.29) is 42.1 Å². The number of fused-ring (bicyclic) bond motifs is 5. The zero-order chi connectivity index (χ0) is 90.4. The lowest BCUT2D eigenvalue weighted by Crippen LogP contribution is -2.41. The fourth-order valence-electron chi connectivity index (χ4n) is 14.1. The number of carbonyl (C=O) groups excluding carboxylic acids is 4. The average Bonchev–Trinajstić information content (AvgIpc) is 1.62. The third-order valence-corrected chi connectivity index (χ3v) is 21.6. The van der Waals surface area contributed by atoms with E-state index in [0.29, 0.717) is 114 Å². The van der Waals surface area contributed by atoms with Crippen LogP contribution in [0.1, 0.15) is 130 Å². The second kappa shape index (κ2) is 36.3. The molecule has 17 rings (SSSR count). The van der Waals surface area contributed by atoms with Crippen LogP contribution in [0.3, 0.4) is 0 Å². The van der Waals surface area contributed by atoms with Crippen molar-refractivity contribution in [1.82, 2.24) is 115 Å². The van der Waals surface area contributed by atoms with Gasteiger partial charge in [-0.15, -0.1) is 0 Å². The summed E-state index contributed by atoms with van der Waals surface area (Å²) in [5.41, 5.74) is 40.7. The molecule has 0 aliphatic heterocycles. The topological polar surface area (TPSA) is 434 Å². The zero-order valence-corrected chi connectivity index (χ0v) is 72.9. The predicted molar refractivity (Wildman–Crippen MR) is 492 cm³/mol. The van der Waals surface area contributed by atoms with Gasteiger partial charge in [-0.1, -0.05) is 167 Å². The quantitative estimate of drug-likeness (QED) is 0.0351. The minimum atomic E-state index is -0.678. The summed E-state index contributed by atoms with van der Waals surface area (Å²) >= 11 is 0. The van der Waals surface area contributed by atoms with E-state index in [1.54, 1.807) is 38.4 Å². The molecule has 7 aromatic carbocycles. The molecule has 0 fully saturated rings. The van der Waals surface area contributed by atoms with Gasteiger partial charge in [0.05, 0.1) is 66.5 Å². The number of nitrogens with two attached hydrogens (primary N) is 4. The number of aryl methyl sites for hydroxylation is 6. The number of para-hydroxylation sites is 2. The lowest BCUT2D eigenvalue weighted by atomic mass is 10.1. The molecule has 0 bridgehead atoms. The molecule has 0 aliphatic carbocycles. The van der Waals surface area contributed by atoms with Gasteiger partial charge in [0.25, 0.3) is 23.6 Å². The number of amides is 4. The number of nitrogens with one attached hydrogen (secondary N) is 4. The van der Waals surface area contributed by atoms with E-state index >= 15 is 0 Å². The Morgan fingerprint density at radius 2 is 0.614 bits per heavy atom. The fraction of sp³-hybridized carbons (Fsp3) is 0.232. The molecule has 10 aromatic heterocycles. The molecule has 12 N–H and O–H groups in total. The van der Waals surface area contributed by atoms with Gasteiger partial charge in [0.1, 0.15) is 88.6 Å². The van der Waals surface area contributed by atoms with Gasteiger partial charge >= 0.3 is 0 Å². The molecule has 0 atom stereocenters. The number of hydrogen-bond donors (Lipinski definition) is 8. The second-order valence-corrected chi connectivity index (χ2v) is 33.6. The van der Waals surface area contributed by atoms with Gasteiger partial charge in [0.2, 0.25) is 0 Å². The van der Waals surface area contributed by atoms with Crippen LogP contribution in [0, 0.1) is 47.4 Å². The van der Waals surface area contributed by atoms with Crippen molar-refractivity contribution in [2.75, 3.05) is 49.1 Å². The maximum Gasteiger partial charge on any atom is 0.271 e. The first-order valence-electron chi connectivity index (χ1n) is 41.0. The van der Waals surface area contributed by atoms with E-state index in [1.807, 2.05) is 253 Å². The van der Waals surface area contributed by atoms with Gasteiger partial charge in [-0.05, 0) is 145 Å². The van der Waals surface area contributed by atoms with Crippen molar-refractivity contribution < 1.29 is 23.6 Å². The highest BCUT2D eigenvalue weighted by Gasteiger charge is 2.34. The molecule has 0 aliphatic rings. The Kier molecular flexibility index (Phi) is 25.1. The van der Waals surface area contributed by atoms with Crippen LogP contribution in [0.25, 0.3) is 100 Å². The summed E-state index contributed by atoms with van der Waals surface area (Å²) in [6.45, 7) is 29.0. The molecule has 4 amide bonds. The van der Waals surface area contributed by atoms with Crippen LogP contribution in [-0.2, 0) is 22.2 Å². The molecule has 0 radical (unpaired) electrons. The average molecular weight is 1700 g/mol. The van der Waals surface area contributed by atoms with Crippen LogP contribution >= 0.6 is 0 Å². The van der Waals surface area contributed by atoms with Gasteiger partial charge in [-0.3, -0.25) is 29.1 Å². The van der Waals surface area contributed by atoms with Crippen molar-refractivity contribution >= 4 is 102 Å². The molecule has 644 valence electrons. The lowest BCUT2D eigenvalue weighted by Gasteiger charge is -2.26. The second-order valence-electron chi connectivity index (χ2n) is 33.6. The minimum absolute atomic E-state index is 0.00413. The van der Waals surface area contributed by atoms with Gasteiger partial charge in [0, 0.05) is 60.2 Å². The summed E-state index contributed by atoms with van der Waals surface area (Å²) in [5, 5.41) is 33.9. The van der Waals surface area contributed by atoms with Gasteiger partial charge < -0.3 is 44.2 Å². The summed E-state index contributed by atoms with van der Waals surface area (Å²) in [6.07, 6.45) is 8.85. The highest BCUT2D eigenvalue weighted by molar-refractivity contribution is 6.02. The first-order valence-corrected chi connectivity index (χ1v) is 41.0. The Balaban J connectivity index is 0.000000137. The van der Waals surface area contributed by atoms with Crippen molar-refractivity contribution in [3.05, 3.63) is 281 Å². The van der Waals surface area contributed by atoms with Crippen molar-refractivity contribution in [2.24, 2.45) is 0 Å². The third-order valence-electron chi connectivity index (χ3n) is 21.6. The van der Waals surface area contributed by atoms with Crippen LogP contribution in [-0.4, -0.2) is 144 Å². The number of carbonyl (C=O) groups is 4. The molecule has 0 unspecified atom stereocenters. The number of anilines is 4. The van der Waals surface area contributed by atoms with Crippen LogP contribution in [0.5, 0.6) is 0 Å². The Labute approximate surface area is 731 Å². The van der Waals surface area contributed by atoms with E-state index in [1.165, 1.54) is 43.6 Å².